The molecule has 17 heavy (non-hydrogen) atoms. The first kappa shape index (κ1) is 14.5. The minimum atomic E-state index is 0.134. The molecule has 1 saturated carbocycles. The smallest absolute Gasteiger partial charge is 0.222 e. The normalized spacial score (nSPS) is 18.8. The van der Waals surface area contributed by atoms with Gasteiger partial charge < -0.3 is 11.1 Å². The van der Waals surface area contributed by atoms with Gasteiger partial charge in [-0.3, -0.25) is 4.79 Å². The van der Waals surface area contributed by atoms with E-state index in [9.17, 15) is 4.79 Å². The molecule has 2 atom stereocenters. The highest BCUT2D eigenvalue weighted by Crippen LogP contribution is 2.33. The maximum atomic E-state index is 11.7. The number of nitrogens with one attached hydrogen (secondary N) is 1. The number of carbonyl (C=O) groups is 1. The summed E-state index contributed by atoms with van der Waals surface area (Å²) in [7, 11) is 0. The summed E-state index contributed by atoms with van der Waals surface area (Å²) < 4.78 is 0. The summed E-state index contributed by atoms with van der Waals surface area (Å²) in [6, 6.07) is 0.254. The van der Waals surface area contributed by atoms with Crippen LogP contribution in [-0.4, -0.2) is 18.5 Å². The molecule has 3 nitrogen and oxygen atoms in total. The molecule has 1 amide bonds. The highest BCUT2D eigenvalue weighted by Gasteiger charge is 2.20. The fourth-order valence-electron chi connectivity index (χ4n) is 2.06. The monoisotopic (exact) mass is 240 g/mol. The van der Waals surface area contributed by atoms with Gasteiger partial charge in [-0.2, -0.15) is 0 Å². The van der Waals surface area contributed by atoms with Crippen molar-refractivity contribution >= 4 is 5.91 Å². The van der Waals surface area contributed by atoms with Crippen LogP contribution in [0.4, 0.5) is 0 Å². The molecule has 1 aliphatic carbocycles. The van der Waals surface area contributed by atoms with Gasteiger partial charge in [0.15, 0.2) is 0 Å². The Hall–Kier alpha value is -0.570. The SMILES string of the molecule is CC(N)CCCC(C)C(=O)NCCCC1CC1. The maximum absolute atomic E-state index is 11.7. The highest BCUT2D eigenvalue weighted by molar-refractivity contribution is 5.78. The van der Waals surface area contributed by atoms with E-state index < -0.39 is 0 Å². The first-order chi connectivity index (χ1) is 8.09. The summed E-state index contributed by atoms with van der Waals surface area (Å²) in [5.41, 5.74) is 5.69. The molecule has 3 heteroatoms. The van der Waals surface area contributed by atoms with Crippen molar-refractivity contribution < 1.29 is 4.79 Å². The Morgan fingerprint density at radius 3 is 2.59 bits per heavy atom. The van der Waals surface area contributed by atoms with Gasteiger partial charge in [-0.25, -0.2) is 0 Å². The van der Waals surface area contributed by atoms with Crippen LogP contribution >= 0.6 is 0 Å². The van der Waals surface area contributed by atoms with Crippen molar-refractivity contribution in [3.05, 3.63) is 0 Å². The number of rotatable bonds is 9. The minimum Gasteiger partial charge on any atom is -0.356 e. The van der Waals surface area contributed by atoms with E-state index in [1.165, 1.54) is 19.3 Å². The van der Waals surface area contributed by atoms with Crippen LogP contribution in [0, 0.1) is 11.8 Å². The standard InChI is InChI=1S/C14H28N2O/c1-11(5-3-6-12(2)15)14(17)16-10-4-7-13-8-9-13/h11-13H,3-10,15H2,1-2H3,(H,16,17). The van der Waals surface area contributed by atoms with Crippen molar-refractivity contribution in [1.29, 1.82) is 0 Å². The lowest BCUT2D eigenvalue weighted by atomic mass is 10.0. The van der Waals surface area contributed by atoms with Crippen LogP contribution in [0.25, 0.3) is 0 Å². The lowest BCUT2D eigenvalue weighted by molar-refractivity contribution is -0.124. The average Bonchev–Trinajstić information content (AvgIpc) is 3.07. The van der Waals surface area contributed by atoms with Gasteiger partial charge >= 0.3 is 0 Å². The number of carbonyl (C=O) groups excluding carboxylic acids is 1. The number of hydrogen-bond donors (Lipinski definition) is 2. The molecule has 0 aromatic carbocycles. The largest absolute Gasteiger partial charge is 0.356 e. The van der Waals surface area contributed by atoms with Gasteiger partial charge in [0.05, 0.1) is 0 Å². The van der Waals surface area contributed by atoms with Gasteiger partial charge in [-0.1, -0.05) is 26.2 Å². The van der Waals surface area contributed by atoms with Crippen molar-refractivity contribution in [1.82, 2.24) is 5.32 Å². The summed E-state index contributed by atoms with van der Waals surface area (Å²) in [6.07, 6.45) is 8.26. The lowest BCUT2D eigenvalue weighted by Crippen LogP contribution is -2.30. The summed E-state index contributed by atoms with van der Waals surface area (Å²) in [6.45, 7) is 4.88. The predicted octanol–water partition coefficient (Wildman–Crippen LogP) is 2.45. The van der Waals surface area contributed by atoms with E-state index in [2.05, 4.69) is 5.32 Å². The van der Waals surface area contributed by atoms with Gasteiger partial charge in [-0.05, 0) is 38.5 Å². The summed E-state index contributed by atoms with van der Waals surface area (Å²) in [4.78, 5) is 11.7. The summed E-state index contributed by atoms with van der Waals surface area (Å²) in [5.74, 6) is 1.32. The molecule has 1 rings (SSSR count). The van der Waals surface area contributed by atoms with Crippen LogP contribution < -0.4 is 11.1 Å². The van der Waals surface area contributed by atoms with E-state index in [0.717, 1.165) is 38.1 Å². The van der Waals surface area contributed by atoms with Crippen molar-refractivity contribution in [3.63, 3.8) is 0 Å². The highest BCUT2D eigenvalue weighted by atomic mass is 16.1. The average molecular weight is 240 g/mol. The van der Waals surface area contributed by atoms with Crippen LogP contribution in [0.5, 0.6) is 0 Å². The van der Waals surface area contributed by atoms with Gasteiger partial charge in [-0.15, -0.1) is 0 Å². The van der Waals surface area contributed by atoms with Crippen LogP contribution in [0.3, 0.4) is 0 Å². The quantitative estimate of drug-likeness (QED) is 0.608. The Balaban J connectivity index is 1.96. The molecule has 0 saturated heterocycles. The lowest BCUT2D eigenvalue weighted by Gasteiger charge is -2.12. The Bertz CT molecular complexity index is 224. The number of nitrogens with two attached hydrogens (primary N) is 1. The molecule has 0 aromatic rings. The Kier molecular flexibility index (Phi) is 6.56. The van der Waals surface area contributed by atoms with Crippen LogP contribution in [-0.2, 0) is 4.79 Å². The Morgan fingerprint density at radius 1 is 1.29 bits per heavy atom. The van der Waals surface area contributed by atoms with Crippen molar-refractivity contribution in [2.24, 2.45) is 17.6 Å². The molecule has 3 N–H and O–H groups in total. The summed E-state index contributed by atoms with van der Waals surface area (Å²) >= 11 is 0. The van der Waals surface area contributed by atoms with E-state index in [0.29, 0.717) is 0 Å². The van der Waals surface area contributed by atoms with E-state index in [1.807, 2.05) is 13.8 Å². The molecule has 0 aromatic heterocycles. The number of amides is 1. The molecule has 1 aliphatic rings. The third-order valence-corrected chi connectivity index (χ3v) is 3.53. The first-order valence-corrected chi connectivity index (χ1v) is 7.13. The summed E-state index contributed by atoms with van der Waals surface area (Å²) in [5, 5.41) is 3.03. The van der Waals surface area contributed by atoms with E-state index >= 15 is 0 Å². The van der Waals surface area contributed by atoms with Crippen LogP contribution in [0.2, 0.25) is 0 Å². The van der Waals surface area contributed by atoms with Crippen LogP contribution in [0.1, 0.15) is 58.8 Å². The zero-order valence-corrected chi connectivity index (χ0v) is 11.4. The Labute approximate surface area is 106 Å². The molecule has 100 valence electrons. The van der Waals surface area contributed by atoms with Crippen molar-refractivity contribution in [2.75, 3.05) is 6.54 Å². The van der Waals surface area contributed by atoms with Gasteiger partial charge in [0.25, 0.3) is 0 Å². The fourth-order valence-corrected chi connectivity index (χ4v) is 2.06. The van der Waals surface area contributed by atoms with Crippen molar-refractivity contribution in [2.45, 2.75) is 64.8 Å². The fraction of sp³-hybridized carbons (Fsp3) is 0.929. The zero-order chi connectivity index (χ0) is 12.7. The molecule has 2 unspecified atom stereocenters. The molecule has 0 heterocycles. The zero-order valence-electron chi connectivity index (χ0n) is 11.4. The van der Waals surface area contributed by atoms with E-state index in [-0.39, 0.29) is 17.9 Å². The van der Waals surface area contributed by atoms with E-state index in [1.54, 1.807) is 0 Å². The topological polar surface area (TPSA) is 55.1 Å². The molecular weight excluding hydrogens is 212 g/mol. The second-order valence-corrected chi connectivity index (χ2v) is 5.69. The minimum absolute atomic E-state index is 0.134. The second-order valence-electron chi connectivity index (χ2n) is 5.69. The maximum Gasteiger partial charge on any atom is 0.222 e. The molecular formula is C14H28N2O. The predicted molar refractivity (Wildman–Crippen MR) is 71.6 cm³/mol. The molecule has 1 fully saturated rings. The van der Waals surface area contributed by atoms with Gasteiger partial charge in [0.2, 0.25) is 5.91 Å². The molecule has 0 aliphatic heterocycles. The third kappa shape index (κ3) is 7.37. The second kappa shape index (κ2) is 7.70. The van der Waals surface area contributed by atoms with Crippen LogP contribution in [0.15, 0.2) is 0 Å². The third-order valence-electron chi connectivity index (χ3n) is 3.53. The first-order valence-electron chi connectivity index (χ1n) is 7.13. The molecule has 0 bridgehead atoms. The van der Waals surface area contributed by atoms with Gasteiger partial charge in [0, 0.05) is 18.5 Å². The van der Waals surface area contributed by atoms with Crippen molar-refractivity contribution in [3.8, 4) is 0 Å². The van der Waals surface area contributed by atoms with Gasteiger partial charge in [0.1, 0.15) is 0 Å². The molecule has 0 spiro atoms. The number of hydrogen-bond acceptors (Lipinski definition) is 2. The van der Waals surface area contributed by atoms with E-state index in [4.69, 9.17) is 5.73 Å². The molecule has 0 radical (unpaired) electrons. The Morgan fingerprint density at radius 2 is 2.00 bits per heavy atom.